The number of nitrogens with two attached hydrogens (primary N) is 1. The van der Waals surface area contributed by atoms with Crippen molar-refractivity contribution in [3.05, 3.63) is 23.8 Å². The van der Waals surface area contributed by atoms with Gasteiger partial charge in [-0.1, -0.05) is 5.11 Å². The van der Waals surface area contributed by atoms with Crippen LogP contribution in [-0.2, 0) is 0 Å². The number of phenolic OH excluding ortho intramolecular Hbond substituents is 1. The second-order valence-corrected chi connectivity index (χ2v) is 2.55. The molecule has 1 aromatic carbocycles. The summed E-state index contributed by atoms with van der Waals surface area (Å²) in [6.07, 6.45) is 0. The Kier molecular flexibility index (Phi) is 2.97. The van der Waals surface area contributed by atoms with Crippen molar-refractivity contribution in [2.45, 2.75) is 0 Å². The zero-order chi connectivity index (χ0) is 11.4. The summed E-state index contributed by atoms with van der Waals surface area (Å²) in [6, 6.07) is 2.43. The summed E-state index contributed by atoms with van der Waals surface area (Å²) >= 11 is 0. The van der Waals surface area contributed by atoms with Gasteiger partial charge >= 0.3 is 12.0 Å². The third kappa shape index (κ3) is 2.76. The second-order valence-electron chi connectivity index (χ2n) is 2.55. The Morgan fingerprint density at radius 2 is 2.00 bits per heavy atom. The summed E-state index contributed by atoms with van der Waals surface area (Å²) in [4.78, 5) is 20.7. The van der Waals surface area contributed by atoms with Gasteiger partial charge < -0.3 is 15.9 Å². The zero-order valence-electron chi connectivity index (χ0n) is 7.41. The number of primary amides is 1. The van der Waals surface area contributed by atoms with Crippen LogP contribution in [0.3, 0.4) is 0 Å². The van der Waals surface area contributed by atoms with E-state index in [0.717, 1.165) is 6.07 Å². The molecule has 0 unspecified atom stereocenters. The molecule has 0 saturated heterocycles. The maximum atomic E-state index is 10.5. The van der Waals surface area contributed by atoms with Gasteiger partial charge in [-0.2, -0.15) is 0 Å². The topological polar surface area (TPSA) is 125 Å². The molecule has 0 radical (unpaired) electrons. The van der Waals surface area contributed by atoms with Crippen molar-refractivity contribution in [1.82, 2.24) is 0 Å². The molecule has 0 aliphatic carbocycles. The first-order chi connectivity index (χ1) is 7.00. The lowest BCUT2D eigenvalue weighted by Gasteiger charge is -1.98. The Hall–Kier alpha value is -2.44. The number of aromatic hydroxyl groups is 1. The lowest BCUT2D eigenvalue weighted by atomic mass is 10.2. The van der Waals surface area contributed by atoms with E-state index < -0.39 is 12.0 Å². The highest BCUT2D eigenvalue weighted by molar-refractivity contribution is 5.88. The predicted molar refractivity (Wildman–Crippen MR) is 49.2 cm³/mol. The fraction of sp³-hybridized carbons (Fsp3) is 0. The van der Waals surface area contributed by atoms with Gasteiger partial charge in [0, 0.05) is 0 Å². The van der Waals surface area contributed by atoms with Crippen LogP contribution in [0.5, 0.6) is 5.75 Å². The molecule has 2 amide bonds. The molecule has 0 aromatic heterocycles. The fourth-order valence-corrected chi connectivity index (χ4v) is 0.844. The van der Waals surface area contributed by atoms with Crippen LogP contribution in [0.15, 0.2) is 28.4 Å². The summed E-state index contributed by atoms with van der Waals surface area (Å²) in [6.45, 7) is 0. The normalized spacial score (nSPS) is 10.4. The minimum absolute atomic E-state index is 0.0289. The van der Waals surface area contributed by atoms with E-state index in [9.17, 15) is 14.7 Å². The molecule has 0 bridgehead atoms. The second kappa shape index (κ2) is 4.18. The van der Waals surface area contributed by atoms with Crippen LogP contribution in [0.4, 0.5) is 10.5 Å². The summed E-state index contributed by atoms with van der Waals surface area (Å²) in [5.41, 5.74) is 4.57. The van der Waals surface area contributed by atoms with Gasteiger partial charge in [0.2, 0.25) is 0 Å². The number of urea groups is 1. The first-order valence-corrected chi connectivity index (χ1v) is 3.78. The number of rotatable bonds is 2. The molecule has 1 aromatic rings. The van der Waals surface area contributed by atoms with Crippen molar-refractivity contribution < 1.29 is 19.8 Å². The lowest BCUT2D eigenvalue weighted by molar-refractivity contribution is 0.0696. The van der Waals surface area contributed by atoms with E-state index in [1.54, 1.807) is 0 Å². The zero-order valence-corrected chi connectivity index (χ0v) is 7.41. The monoisotopic (exact) mass is 209 g/mol. The van der Waals surface area contributed by atoms with E-state index >= 15 is 0 Å². The van der Waals surface area contributed by atoms with Gasteiger partial charge in [-0.05, 0) is 18.2 Å². The summed E-state index contributed by atoms with van der Waals surface area (Å²) in [5, 5.41) is 24.2. The highest BCUT2D eigenvalue weighted by Crippen LogP contribution is 2.27. The van der Waals surface area contributed by atoms with Gasteiger partial charge in [-0.15, -0.1) is 5.11 Å². The van der Waals surface area contributed by atoms with Crippen molar-refractivity contribution in [2.24, 2.45) is 16.0 Å². The SMILES string of the molecule is NC(=O)/N=N/c1ccc(C(=O)O)cc1O. The molecule has 0 aliphatic heterocycles. The van der Waals surface area contributed by atoms with Crippen LogP contribution in [0.1, 0.15) is 10.4 Å². The van der Waals surface area contributed by atoms with E-state index in [1.165, 1.54) is 12.1 Å². The molecule has 1 rings (SSSR count). The van der Waals surface area contributed by atoms with Crippen LogP contribution in [0, 0.1) is 0 Å². The molecule has 0 spiro atoms. The number of carbonyl (C=O) groups is 2. The maximum Gasteiger partial charge on any atom is 0.356 e. The average molecular weight is 209 g/mol. The van der Waals surface area contributed by atoms with E-state index in [0.29, 0.717) is 0 Å². The molecule has 0 fully saturated rings. The van der Waals surface area contributed by atoms with E-state index in [2.05, 4.69) is 10.2 Å². The van der Waals surface area contributed by atoms with Crippen molar-refractivity contribution in [2.75, 3.05) is 0 Å². The average Bonchev–Trinajstić information content (AvgIpc) is 2.15. The van der Waals surface area contributed by atoms with Crippen LogP contribution < -0.4 is 5.73 Å². The number of carbonyl (C=O) groups excluding carboxylic acids is 1. The molecule has 0 heterocycles. The number of amides is 2. The molecular formula is C8H7N3O4. The Balaban J connectivity index is 3.03. The first-order valence-electron chi connectivity index (χ1n) is 3.78. The van der Waals surface area contributed by atoms with Gasteiger partial charge in [0.1, 0.15) is 11.4 Å². The largest absolute Gasteiger partial charge is 0.506 e. The number of carboxylic acid groups (broad SMARTS) is 1. The van der Waals surface area contributed by atoms with E-state index in [-0.39, 0.29) is 17.0 Å². The number of aromatic carboxylic acids is 1. The molecule has 78 valence electrons. The van der Waals surface area contributed by atoms with Crippen LogP contribution >= 0.6 is 0 Å². The third-order valence-corrected chi connectivity index (χ3v) is 1.48. The van der Waals surface area contributed by atoms with Gasteiger partial charge in [-0.25, -0.2) is 9.59 Å². The highest BCUT2D eigenvalue weighted by Gasteiger charge is 2.06. The van der Waals surface area contributed by atoms with Crippen LogP contribution in [0.2, 0.25) is 0 Å². The Morgan fingerprint density at radius 3 is 2.47 bits per heavy atom. The third-order valence-electron chi connectivity index (χ3n) is 1.48. The number of phenols is 1. The lowest BCUT2D eigenvalue weighted by Crippen LogP contribution is -2.01. The van der Waals surface area contributed by atoms with Gasteiger partial charge in [0.05, 0.1) is 5.56 Å². The molecule has 7 nitrogen and oxygen atoms in total. The Labute approximate surface area is 83.9 Å². The molecule has 0 atom stereocenters. The number of azo groups is 1. The summed E-state index contributed by atoms with van der Waals surface area (Å²) in [7, 11) is 0. The number of benzene rings is 1. The van der Waals surface area contributed by atoms with Gasteiger partial charge in [0.15, 0.2) is 0 Å². The van der Waals surface area contributed by atoms with E-state index in [4.69, 9.17) is 10.8 Å². The fourth-order valence-electron chi connectivity index (χ4n) is 0.844. The molecule has 7 heteroatoms. The van der Waals surface area contributed by atoms with Crippen LogP contribution in [0.25, 0.3) is 0 Å². The maximum absolute atomic E-state index is 10.5. The van der Waals surface area contributed by atoms with Crippen molar-refractivity contribution in [3.63, 3.8) is 0 Å². The minimum atomic E-state index is -1.18. The smallest absolute Gasteiger partial charge is 0.356 e. The number of hydrogen-bond donors (Lipinski definition) is 3. The Bertz CT molecular complexity index is 442. The summed E-state index contributed by atoms with van der Waals surface area (Å²) in [5.74, 6) is -1.57. The Morgan fingerprint density at radius 1 is 1.33 bits per heavy atom. The van der Waals surface area contributed by atoms with Crippen molar-refractivity contribution >= 4 is 17.7 Å². The van der Waals surface area contributed by atoms with Gasteiger partial charge in [0.25, 0.3) is 0 Å². The van der Waals surface area contributed by atoms with Crippen molar-refractivity contribution in [1.29, 1.82) is 0 Å². The summed E-state index contributed by atoms with van der Waals surface area (Å²) < 4.78 is 0. The number of carboxylic acids is 1. The van der Waals surface area contributed by atoms with Gasteiger partial charge in [-0.3, -0.25) is 0 Å². The quantitative estimate of drug-likeness (QED) is 0.633. The standard InChI is InChI=1S/C8H7N3O4/c9-8(15)11-10-5-2-1-4(7(13)14)3-6(5)12/h1-3,12H,(H2,9,15)(H,13,14)/b11-10+. The molecule has 15 heavy (non-hydrogen) atoms. The highest BCUT2D eigenvalue weighted by atomic mass is 16.4. The number of nitrogens with zero attached hydrogens (tertiary/aromatic N) is 2. The molecule has 4 N–H and O–H groups in total. The molecule has 0 aliphatic rings. The first kappa shape index (κ1) is 10.6. The molecular weight excluding hydrogens is 202 g/mol. The molecule has 0 saturated carbocycles. The van der Waals surface area contributed by atoms with E-state index in [1.807, 2.05) is 0 Å². The number of hydrogen-bond acceptors (Lipinski definition) is 4. The predicted octanol–water partition coefficient (Wildman–Crippen LogP) is 1.25. The van der Waals surface area contributed by atoms with Crippen LogP contribution in [-0.4, -0.2) is 22.2 Å². The minimum Gasteiger partial charge on any atom is -0.506 e. The van der Waals surface area contributed by atoms with Crippen molar-refractivity contribution in [3.8, 4) is 5.75 Å².